The molecule has 0 bridgehead atoms. The number of ether oxygens (including phenoxy) is 9. The highest BCUT2D eigenvalue weighted by Gasteiger charge is 2.64. The number of amides is 4. The first-order valence-electron chi connectivity index (χ1n) is 15.4. The molecule has 25 nitrogen and oxygen atoms in total. The molecule has 4 amide bonds. The molecule has 2 N–H and O–H groups in total. The number of rotatable bonds is 15. The molecule has 0 saturated carbocycles. The SMILES string of the molecule is CC(=O)OC[C@]1(O[C@@H]2O[C@H](CNC(=O)N(C)N=O)[C@H](OC(C)=O)[C@H](OC(C)=O)[C@@H]2OC(C)=O)O[C@H](CNC(=O)N(C)N=O)[C@@H](OC(C)=O)[C@H]1OC(C)=O. The summed E-state index contributed by atoms with van der Waals surface area (Å²) in [7, 11) is 2.02. The molecule has 0 unspecified atom stereocenters. The molecule has 9 atom stereocenters. The van der Waals surface area contributed by atoms with Gasteiger partial charge in [0.2, 0.25) is 12.1 Å². The summed E-state index contributed by atoms with van der Waals surface area (Å²) in [5.74, 6) is -8.51. The average molecular weight is 765 g/mol. The summed E-state index contributed by atoms with van der Waals surface area (Å²) < 4.78 is 50.6. The third-order valence-electron chi connectivity index (χ3n) is 7.08. The minimum absolute atomic E-state index is 0.365. The largest absolute Gasteiger partial charge is 0.460 e. The molecule has 0 spiro atoms. The molecule has 2 heterocycles. The number of hydrogen-bond donors (Lipinski definition) is 2. The predicted octanol–water partition coefficient (Wildman–Crippen LogP) is -1.31. The minimum atomic E-state index is -2.60. The second kappa shape index (κ2) is 19.3. The summed E-state index contributed by atoms with van der Waals surface area (Å²) in [5, 5.41) is 10.2. The fraction of sp³-hybridized carbons (Fsp3) is 0.714. The van der Waals surface area contributed by atoms with Crippen LogP contribution >= 0.6 is 0 Å². The van der Waals surface area contributed by atoms with Gasteiger partial charge in [0, 0.05) is 68.7 Å². The Kier molecular flexibility index (Phi) is 15.9. The molecule has 2 aliphatic heterocycles. The standard InChI is InChI=1S/C28H40N6O19/c1-12(35)45-11-28(24(50-17(6)40)21(47-14(3)37)19(52-28)10-30-27(42)34(8)32-44)53-25-23(49-16(5)39)22(48-15(4)38)20(46-13(2)36)18(51-25)9-29-26(41)33(7)31-43/h18-25H,9-11H2,1-8H3,(H,29,41)(H,30,42)/t18-,19-,20+,21-,22+,23+,24-,25+,28-/m1/s1. The summed E-state index contributed by atoms with van der Waals surface area (Å²) in [6.07, 6.45) is -14.0. The van der Waals surface area contributed by atoms with Gasteiger partial charge in [0.05, 0.1) is 10.6 Å². The van der Waals surface area contributed by atoms with Gasteiger partial charge in [-0.1, -0.05) is 0 Å². The van der Waals surface area contributed by atoms with Crippen LogP contribution in [0.15, 0.2) is 10.6 Å². The zero-order valence-electron chi connectivity index (χ0n) is 29.8. The molecule has 0 aromatic heterocycles. The van der Waals surface area contributed by atoms with Crippen molar-refractivity contribution in [2.45, 2.75) is 96.3 Å². The van der Waals surface area contributed by atoms with Gasteiger partial charge < -0.3 is 53.3 Å². The fourth-order valence-electron chi connectivity index (χ4n) is 5.10. The van der Waals surface area contributed by atoms with Gasteiger partial charge in [-0.05, 0) is 0 Å². The number of nitrogens with one attached hydrogen (secondary N) is 2. The number of urea groups is 2. The molecule has 0 aromatic rings. The van der Waals surface area contributed by atoms with E-state index in [1.165, 1.54) is 0 Å². The zero-order valence-corrected chi connectivity index (χ0v) is 29.8. The van der Waals surface area contributed by atoms with Crippen molar-refractivity contribution in [2.24, 2.45) is 10.6 Å². The van der Waals surface area contributed by atoms with E-state index in [1.807, 2.05) is 0 Å². The quantitative estimate of drug-likeness (QED) is 0.0846. The Labute approximate surface area is 300 Å². The molecule has 0 aromatic carbocycles. The number of carbonyl (C=O) groups is 8. The first-order valence-corrected chi connectivity index (χ1v) is 15.4. The Balaban J connectivity index is 2.81. The number of carbonyl (C=O) groups excluding carboxylic acids is 8. The molecule has 25 heteroatoms. The zero-order chi connectivity index (χ0) is 40.2. The number of esters is 6. The highest BCUT2D eigenvalue weighted by atomic mass is 16.8. The average Bonchev–Trinajstić information content (AvgIpc) is 3.32. The predicted molar refractivity (Wildman–Crippen MR) is 166 cm³/mol. The van der Waals surface area contributed by atoms with Crippen LogP contribution < -0.4 is 10.6 Å². The van der Waals surface area contributed by atoms with Gasteiger partial charge in [-0.3, -0.25) is 28.8 Å². The molecular weight excluding hydrogens is 724 g/mol. The lowest BCUT2D eigenvalue weighted by Gasteiger charge is -2.46. The summed E-state index contributed by atoms with van der Waals surface area (Å²) >= 11 is 0. The minimum Gasteiger partial charge on any atom is -0.460 e. The highest BCUT2D eigenvalue weighted by molar-refractivity contribution is 5.74. The fourth-order valence-corrected chi connectivity index (χ4v) is 5.10. The van der Waals surface area contributed by atoms with Gasteiger partial charge in [-0.2, -0.15) is 10.0 Å². The topological polar surface area (TPSA) is 309 Å². The summed E-state index contributed by atoms with van der Waals surface area (Å²) in [5.41, 5.74) is 0. The first kappa shape index (κ1) is 43.6. The lowest BCUT2D eigenvalue weighted by atomic mass is 9.97. The van der Waals surface area contributed by atoms with Crippen molar-refractivity contribution >= 4 is 47.9 Å². The van der Waals surface area contributed by atoms with Crippen molar-refractivity contribution < 1.29 is 81.0 Å². The highest BCUT2D eigenvalue weighted by Crippen LogP contribution is 2.41. The maximum atomic E-state index is 12.5. The third kappa shape index (κ3) is 12.3. The van der Waals surface area contributed by atoms with Crippen LogP contribution in [-0.2, 0) is 71.4 Å². The van der Waals surface area contributed by atoms with E-state index < -0.39 is 122 Å². The molecule has 2 fully saturated rings. The van der Waals surface area contributed by atoms with E-state index in [0.717, 1.165) is 55.6 Å². The Morgan fingerprint density at radius 2 is 1.04 bits per heavy atom. The van der Waals surface area contributed by atoms with Gasteiger partial charge in [-0.15, -0.1) is 9.81 Å². The second-order valence-corrected chi connectivity index (χ2v) is 11.3. The van der Waals surface area contributed by atoms with Crippen LogP contribution in [0.5, 0.6) is 0 Å². The van der Waals surface area contributed by atoms with E-state index in [0.29, 0.717) is 10.0 Å². The van der Waals surface area contributed by atoms with Crippen molar-refractivity contribution in [3.63, 3.8) is 0 Å². The van der Waals surface area contributed by atoms with Crippen molar-refractivity contribution in [2.75, 3.05) is 33.8 Å². The van der Waals surface area contributed by atoms with E-state index >= 15 is 0 Å². The van der Waals surface area contributed by atoms with Gasteiger partial charge >= 0.3 is 47.9 Å². The van der Waals surface area contributed by atoms with Crippen LogP contribution in [0.4, 0.5) is 9.59 Å². The van der Waals surface area contributed by atoms with Crippen LogP contribution in [0.3, 0.4) is 0 Å². The van der Waals surface area contributed by atoms with E-state index in [9.17, 15) is 48.2 Å². The molecule has 53 heavy (non-hydrogen) atoms. The number of nitroso groups, excluding NO2 is 2. The van der Waals surface area contributed by atoms with E-state index in [1.54, 1.807) is 0 Å². The van der Waals surface area contributed by atoms with Gasteiger partial charge in [0.1, 0.15) is 18.8 Å². The van der Waals surface area contributed by atoms with Gasteiger partial charge in [-0.25, -0.2) is 9.59 Å². The number of hydrogen-bond acceptors (Lipinski definition) is 21. The first-order chi connectivity index (χ1) is 24.7. The van der Waals surface area contributed by atoms with Gasteiger partial charge in [0.15, 0.2) is 30.5 Å². The molecule has 2 rings (SSSR count). The normalized spacial score (nSPS) is 27.5. The van der Waals surface area contributed by atoms with Crippen molar-refractivity contribution in [1.82, 2.24) is 20.7 Å². The van der Waals surface area contributed by atoms with Crippen LogP contribution in [0.25, 0.3) is 0 Å². The Morgan fingerprint density at radius 3 is 1.49 bits per heavy atom. The lowest BCUT2D eigenvalue weighted by Crippen LogP contribution is -2.66. The molecule has 296 valence electrons. The van der Waals surface area contributed by atoms with Crippen LogP contribution in [-0.4, -0.2) is 146 Å². The monoisotopic (exact) mass is 764 g/mol. The molecule has 0 radical (unpaired) electrons. The van der Waals surface area contributed by atoms with Crippen LogP contribution in [0, 0.1) is 9.81 Å². The second-order valence-electron chi connectivity index (χ2n) is 11.3. The van der Waals surface area contributed by atoms with Gasteiger partial charge in [0.25, 0.3) is 0 Å². The van der Waals surface area contributed by atoms with Crippen LogP contribution in [0.1, 0.15) is 41.5 Å². The number of nitrogens with zero attached hydrogens (tertiary/aromatic N) is 4. The smallest absolute Gasteiger partial charge is 0.340 e. The molecule has 0 aliphatic carbocycles. The Bertz CT molecular complexity index is 1430. The third-order valence-corrected chi connectivity index (χ3v) is 7.08. The maximum Gasteiger partial charge on any atom is 0.340 e. The summed E-state index contributed by atoms with van der Waals surface area (Å²) in [4.78, 5) is 120. The van der Waals surface area contributed by atoms with E-state index in [4.69, 9.17) is 42.6 Å². The van der Waals surface area contributed by atoms with E-state index in [2.05, 4.69) is 21.2 Å². The maximum absolute atomic E-state index is 12.5. The molecular formula is C28H40N6O19. The van der Waals surface area contributed by atoms with Crippen molar-refractivity contribution in [3.8, 4) is 0 Å². The van der Waals surface area contributed by atoms with Crippen molar-refractivity contribution in [3.05, 3.63) is 9.81 Å². The molecule has 2 aliphatic rings. The van der Waals surface area contributed by atoms with Crippen molar-refractivity contribution in [1.29, 1.82) is 0 Å². The summed E-state index contributed by atoms with van der Waals surface area (Å²) in [6, 6.07) is -2.13. The van der Waals surface area contributed by atoms with Crippen LogP contribution in [0.2, 0.25) is 0 Å². The Hall–Kier alpha value is -5.56. The summed E-state index contributed by atoms with van der Waals surface area (Å²) in [6.45, 7) is 3.57. The van der Waals surface area contributed by atoms with E-state index in [-0.39, 0.29) is 0 Å². The molecule has 2 saturated heterocycles. The Morgan fingerprint density at radius 1 is 0.604 bits per heavy atom. The lowest BCUT2D eigenvalue weighted by molar-refractivity contribution is -0.381.